The maximum atomic E-state index is 12.9. The van der Waals surface area contributed by atoms with Crippen molar-refractivity contribution in [2.75, 3.05) is 10.0 Å². The van der Waals surface area contributed by atoms with Gasteiger partial charge in [-0.25, -0.2) is 17.8 Å². The summed E-state index contributed by atoms with van der Waals surface area (Å²) >= 11 is 0. The minimum atomic E-state index is -3.80. The Morgan fingerprint density at radius 1 is 0.920 bits per heavy atom. The summed E-state index contributed by atoms with van der Waals surface area (Å²) in [5.41, 5.74) is 1.90. The molecular formula is C18H16FN3O2S. The van der Waals surface area contributed by atoms with Gasteiger partial charge in [0.15, 0.2) is 0 Å². The molecule has 0 aliphatic rings. The van der Waals surface area contributed by atoms with Crippen LogP contribution in [-0.2, 0) is 16.6 Å². The molecule has 0 aliphatic heterocycles. The smallest absolute Gasteiger partial charge is 0.263 e. The molecule has 0 saturated carbocycles. The van der Waals surface area contributed by atoms with E-state index in [1.54, 1.807) is 18.3 Å². The molecule has 2 aromatic carbocycles. The molecule has 0 radical (unpaired) electrons. The molecule has 0 saturated heterocycles. The van der Waals surface area contributed by atoms with E-state index in [2.05, 4.69) is 15.0 Å². The first-order chi connectivity index (χ1) is 12.0. The van der Waals surface area contributed by atoms with Crippen LogP contribution in [0, 0.1) is 5.82 Å². The first-order valence-electron chi connectivity index (χ1n) is 7.55. The van der Waals surface area contributed by atoms with Crippen LogP contribution in [0.1, 0.15) is 5.56 Å². The second-order valence-corrected chi connectivity index (χ2v) is 7.01. The highest BCUT2D eigenvalue weighted by atomic mass is 32.2. The lowest BCUT2D eigenvalue weighted by atomic mass is 10.2. The highest BCUT2D eigenvalue weighted by Crippen LogP contribution is 2.16. The van der Waals surface area contributed by atoms with Gasteiger partial charge < -0.3 is 5.32 Å². The van der Waals surface area contributed by atoms with Crippen LogP contribution >= 0.6 is 0 Å². The average Bonchev–Trinajstić information content (AvgIpc) is 2.62. The number of aromatic nitrogens is 1. The fourth-order valence-electron chi connectivity index (χ4n) is 2.17. The maximum absolute atomic E-state index is 12.9. The zero-order chi connectivity index (χ0) is 17.7. The zero-order valence-electron chi connectivity index (χ0n) is 13.2. The van der Waals surface area contributed by atoms with Crippen LogP contribution in [0.25, 0.3) is 0 Å². The van der Waals surface area contributed by atoms with E-state index >= 15 is 0 Å². The average molecular weight is 357 g/mol. The minimum absolute atomic E-state index is 0.0259. The van der Waals surface area contributed by atoms with E-state index in [1.807, 2.05) is 30.3 Å². The lowest BCUT2D eigenvalue weighted by molar-refractivity contribution is 0.599. The second-order valence-electron chi connectivity index (χ2n) is 5.33. The van der Waals surface area contributed by atoms with E-state index in [4.69, 9.17) is 0 Å². The molecular weight excluding hydrogens is 341 g/mol. The third kappa shape index (κ3) is 4.54. The number of hydrogen-bond acceptors (Lipinski definition) is 4. The summed E-state index contributed by atoms with van der Waals surface area (Å²) in [6.45, 7) is 0.642. The largest absolute Gasteiger partial charge is 0.380 e. The van der Waals surface area contributed by atoms with E-state index in [0.717, 1.165) is 23.4 Å². The second kappa shape index (κ2) is 7.31. The lowest BCUT2D eigenvalue weighted by Gasteiger charge is -2.09. The Morgan fingerprint density at radius 2 is 1.64 bits per heavy atom. The normalized spacial score (nSPS) is 11.1. The van der Waals surface area contributed by atoms with E-state index < -0.39 is 15.8 Å². The van der Waals surface area contributed by atoms with Gasteiger partial charge in [-0.2, -0.15) is 0 Å². The van der Waals surface area contributed by atoms with Gasteiger partial charge in [-0.15, -0.1) is 0 Å². The molecule has 7 heteroatoms. The molecule has 0 spiro atoms. The number of nitrogens with zero attached hydrogens (tertiary/aromatic N) is 1. The van der Waals surface area contributed by atoms with Gasteiger partial charge in [0.05, 0.1) is 16.8 Å². The number of nitrogens with one attached hydrogen (secondary N) is 2. The van der Waals surface area contributed by atoms with Gasteiger partial charge in [0.25, 0.3) is 10.0 Å². The van der Waals surface area contributed by atoms with Crippen LogP contribution in [0.4, 0.5) is 15.9 Å². The summed E-state index contributed by atoms with van der Waals surface area (Å²) in [5, 5.41) is 3.21. The summed E-state index contributed by atoms with van der Waals surface area (Å²) in [5.74, 6) is -0.305. The monoisotopic (exact) mass is 357 g/mol. The van der Waals surface area contributed by atoms with E-state index in [-0.39, 0.29) is 10.7 Å². The number of hydrogen-bond donors (Lipinski definition) is 2. The molecule has 5 nitrogen and oxygen atoms in total. The van der Waals surface area contributed by atoms with Crippen LogP contribution < -0.4 is 10.0 Å². The molecule has 0 unspecified atom stereocenters. The molecule has 2 N–H and O–H groups in total. The molecule has 0 aliphatic carbocycles. The summed E-state index contributed by atoms with van der Waals surface area (Å²) in [7, 11) is -3.80. The van der Waals surface area contributed by atoms with Crippen LogP contribution in [0.2, 0.25) is 0 Å². The molecule has 1 heterocycles. The van der Waals surface area contributed by atoms with Gasteiger partial charge in [-0.1, -0.05) is 30.3 Å². The molecule has 3 aromatic rings. The zero-order valence-corrected chi connectivity index (χ0v) is 14.0. The highest BCUT2D eigenvalue weighted by molar-refractivity contribution is 7.92. The molecule has 0 amide bonds. The van der Waals surface area contributed by atoms with Gasteiger partial charge >= 0.3 is 0 Å². The van der Waals surface area contributed by atoms with Gasteiger partial charge in [0, 0.05) is 6.54 Å². The van der Waals surface area contributed by atoms with Gasteiger partial charge in [0.2, 0.25) is 0 Å². The maximum Gasteiger partial charge on any atom is 0.263 e. The van der Waals surface area contributed by atoms with Crippen molar-refractivity contribution in [2.45, 2.75) is 11.4 Å². The fourth-order valence-corrected chi connectivity index (χ4v) is 3.18. The van der Waals surface area contributed by atoms with Crippen LogP contribution in [0.5, 0.6) is 0 Å². The third-order valence-corrected chi connectivity index (χ3v) is 4.84. The lowest BCUT2D eigenvalue weighted by Crippen LogP contribution is -2.14. The quantitative estimate of drug-likeness (QED) is 0.707. The summed E-state index contributed by atoms with van der Waals surface area (Å²) in [6.07, 6.45) is 1.55. The number of halogens is 1. The molecule has 0 bridgehead atoms. The van der Waals surface area contributed by atoms with Crippen molar-refractivity contribution < 1.29 is 12.8 Å². The number of rotatable bonds is 6. The van der Waals surface area contributed by atoms with Crippen LogP contribution in [0.3, 0.4) is 0 Å². The number of sulfonamides is 1. The molecule has 1 aromatic heterocycles. The summed E-state index contributed by atoms with van der Waals surface area (Å²) < 4.78 is 39.7. The minimum Gasteiger partial charge on any atom is -0.380 e. The van der Waals surface area contributed by atoms with Crippen LogP contribution in [-0.4, -0.2) is 13.4 Å². The Kier molecular flexibility index (Phi) is 4.95. The van der Waals surface area contributed by atoms with Crippen molar-refractivity contribution in [1.82, 2.24) is 4.98 Å². The van der Waals surface area contributed by atoms with Gasteiger partial charge in [-0.3, -0.25) is 4.72 Å². The molecule has 0 fully saturated rings. The topological polar surface area (TPSA) is 71.1 Å². The Labute approximate surface area is 145 Å². The van der Waals surface area contributed by atoms with Crippen molar-refractivity contribution >= 4 is 21.5 Å². The first-order valence-corrected chi connectivity index (χ1v) is 9.03. The van der Waals surface area contributed by atoms with Gasteiger partial charge in [0.1, 0.15) is 11.6 Å². The third-order valence-electron chi connectivity index (χ3n) is 3.47. The van der Waals surface area contributed by atoms with Crippen molar-refractivity contribution in [2.24, 2.45) is 0 Å². The Morgan fingerprint density at radius 3 is 2.28 bits per heavy atom. The van der Waals surface area contributed by atoms with Gasteiger partial charge in [-0.05, 0) is 42.0 Å². The summed E-state index contributed by atoms with van der Waals surface area (Å²) in [4.78, 5) is 4.07. The Bertz CT molecular complexity index is 928. The first kappa shape index (κ1) is 16.9. The SMILES string of the molecule is O=S(=O)(Nc1ccc(NCc2ccccc2)cn1)c1ccc(F)cc1. The predicted molar refractivity (Wildman–Crippen MR) is 95.2 cm³/mol. The van der Waals surface area contributed by atoms with Crippen molar-refractivity contribution in [1.29, 1.82) is 0 Å². The molecule has 0 atom stereocenters. The predicted octanol–water partition coefficient (Wildman–Crippen LogP) is 3.63. The Balaban J connectivity index is 1.65. The molecule has 25 heavy (non-hydrogen) atoms. The van der Waals surface area contributed by atoms with Crippen LogP contribution in [0.15, 0.2) is 77.8 Å². The van der Waals surface area contributed by atoms with E-state index in [0.29, 0.717) is 6.54 Å². The Hall–Kier alpha value is -2.93. The van der Waals surface area contributed by atoms with E-state index in [1.165, 1.54) is 12.1 Å². The number of pyridine rings is 1. The highest BCUT2D eigenvalue weighted by Gasteiger charge is 2.14. The number of benzene rings is 2. The molecule has 3 rings (SSSR count). The van der Waals surface area contributed by atoms with E-state index in [9.17, 15) is 12.8 Å². The van der Waals surface area contributed by atoms with Crippen molar-refractivity contribution in [3.63, 3.8) is 0 Å². The van der Waals surface area contributed by atoms with Crippen molar-refractivity contribution in [3.8, 4) is 0 Å². The van der Waals surface area contributed by atoms with Crippen molar-refractivity contribution in [3.05, 3.63) is 84.3 Å². The molecule has 128 valence electrons. The fraction of sp³-hybridized carbons (Fsp3) is 0.0556. The standard InChI is InChI=1S/C18H16FN3O2S/c19-15-6-9-17(10-7-15)25(23,24)22-18-11-8-16(13-21-18)20-12-14-4-2-1-3-5-14/h1-11,13,20H,12H2,(H,21,22). The summed E-state index contributed by atoms with van der Waals surface area (Å²) in [6, 6.07) is 17.8. The number of anilines is 2.